The third-order valence-corrected chi connectivity index (χ3v) is 2.32. The van der Waals surface area contributed by atoms with Crippen LogP contribution < -0.4 is 0 Å². The predicted molar refractivity (Wildman–Crippen MR) is 55.1 cm³/mol. The molecule has 4 heteroatoms. The van der Waals surface area contributed by atoms with E-state index in [0.717, 1.165) is 12.8 Å². The van der Waals surface area contributed by atoms with Gasteiger partial charge < -0.3 is 9.47 Å². The molecule has 0 N–H and O–H groups in total. The van der Waals surface area contributed by atoms with Crippen LogP contribution in [0.4, 0.5) is 0 Å². The molecule has 0 amide bonds. The van der Waals surface area contributed by atoms with Crippen LogP contribution in [0.2, 0.25) is 0 Å². The lowest BCUT2D eigenvalue weighted by Gasteiger charge is -2.13. The Morgan fingerprint density at radius 2 is 2.15 bits per heavy atom. The van der Waals surface area contributed by atoms with Crippen molar-refractivity contribution in [2.75, 3.05) is 13.7 Å². The van der Waals surface area contributed by atoms with E-state index in [1.54, 1.807) is 0 Å². The van der Waals surface area contributed by atoms with Crippen molar-refractivity contribution in [1.29, 1.82) is 0 Å². The standard InChI is InChI=1S/C9H17BrO3/c1-4-5-7(2)13-6-8(10)9(11)12-3/h7-8H,4-6H2,1-3H3. The number of alkyl halides is 1. The van der Waals surface area contributed by atoms with Gasteiger partial charge in [0.25, 0.3) is 0 Å². The van der Waals surface area contributed by atoms with Crippen molar-refractivity contribution in [3.63, 3.8) is 0 Å². The quantitative estimate of drug-likeness (QED) is 0.537. The summed E-state index contributed by atoms with van der Waals surface area (Å²) in [6, 6.07) is 0. The smallest absolute Gasteiger partial charge is 0.321 e. The van der Waals surface area contributed by atoms with Crippen LogP contribution in [-0.2, 0) is 14.3 Å². The van der Waals surface area contributed by atoms with Gasteiger partial charge >= 0.3 is 5.97 Å². The van der Waals surface area contributed by atoms with E-state index in [4.69, 9.17) is 4.74 Å². The van der Waals surface area contributed by atoms with Crippen LogP contribution >= 0.6 is 15.9 Å². The summed E-state index contributed by atoms with van der Waals surface area (Å²) in [6.45, 7) is 4.47. The fourth-order valence-electron chi connectivity index (χ4n) is 0.935. The molecule has 13 heavy (non-hydrogen) atoms. The van der Waals surface area contributed by atoms with Crippen LogP contribution in [0, 0.1) is 0 Å². The van der Waals surface area contributed by atoms with Gasteiger partial charge in [-0.15, -0.1) is 0 Å². The van der Waals surface area contributed by atoms with Crippen LogP contribution in [0.3, 0.4) is 0 Å². The Hall–Kier alpha value is -0.0900. The molecule has 0 saturated carbocycles. The highest BCUT2D eigenvalue weighted by Crippen LogP contribution is 2.07. The first-order valence-corrected chi connectivity index (χ1v) is 5.36. The predicted octanol–water partition coefficient (Wildman–Crippen LogP) is 2.13. The maximum absolute atomic E-state index is 10.9. The van der Waals surface area contributed by atoms with E-state index < -0.39 is 0 Å². The number of esters is 1. The van der Waals surface area contributed by atoms with Gasteiger partial charge in [-0.2, -0.15) is 0 Å². The highest BCUT2D eigenvalue weighted by atomic mass is 79.9. The minimum Gasteiger partial charge on any atom is -0.468 e. The monoisotopic (exact) mass is 252 g/mol. The average molecular weight is 253 g/mol. The van der Waals surface area contributed by atoms with Crippen molar-refractivity contribution < 1.29 is 14.3 Å². The van der Waals surface area contributed by atoms with Gasteiger partial charge in [-0.1, -0.05) is 29.3 Å². The number of carbonyl (C=O) groups excluding carboxylic acids is 1. The van der Waals surface area contributed by atoms with Crippen molar-refractivity contribution in [2.45, 2.75) is 37.6 Å². The number of hydrogen-bond acceptors (Lipinski definition) is 3. The Morgan fingerprint density at radius 1 is 1.54 bits per heavy atom. The molecule has 0 rings (SSSR count). The Labute approximate surface area is 87.9 Å². The second-order valence-corrected chi connectivity index (χ2v) is 4.03. The molecule has 0 aromatic rings. The molecule has 0 aliphatic carbocycles. The summed E-state index contributed by atoms with van der Waals surface area (Å²) in [5.74, 6) is -0.288. The first-order valence-electron chi connectivity index (χ1n) is 4.45. The van der Waals surface area contributed by atoms with E-state index in [1.807, 2.05) is 6.92 Å². The van der Waals surface area contributed by atoms with Gasteiger partial charge in [-0.25, -0.2) is 0 Å². The van der Waals surface area contributed by atoms with Crippen LogP contribution in [0.25, 0.3) is 0 Å². The lowest BCUT2D eigenvalue weighted by Crippen LogP contribution is -2.24. The number of methoxy groups -OCH3 is 1. The summed E-state index contributed by atoms with van der Waals surface area (Å²) < 4.78 is 9.96. The maximum atomic E-state index is 10.9. The normalized spacial score (nSPS) is 15.1. The van der Waals surface area contributed by atoms with Gasteiger partial charge in [0.15, 0.2) is 0 Å². The van der Waals surface area contributed by atoms with E-state index >= 15 is 0 Å². The van der Waals surface area contributed by atoms with E-state index in [1.165, 1.54) is 7.11 Å². The molecule has 0 radical (unpaired) electrons. The Morgan fingerprint density at radius 3 is 2.62 bits per heavy atom. The third kappa shape index (κ3) is 6.05. The number of rotatable bonds is 6. The lowest BCUT2D eigenvalue weighted by atomic mass is 10.2. The molecule has 0 aromatic heterocycles. The molecule has 0 bridgehead atoms. The fraction of sp³-hybridized carbons (Fsp3) is 0.889. The van der Waals surface area contributed by atoms with Gasteiger partial charge in [-0.3, -0.25) is 4.79 Å². The van der Waals surface area contributed by atoms with Gasteiger partial charge in [0.2, 0.25) is 0 Å². The highest BCUT2D eigenvalue weighted by Gasteiger charge is 2.16. The second-order valence-electron chi connectivity index (χ2n) is 2.92. The molecule has 0 spiro atoms. The summed E-state index contributed by atoms with van der Waals surface area (Å²) in [5.41, 5.74) is 0. The molecule has 0 fully saturated rings. The van der Waals surface area contributed by atoms with Gasteiger partial charge in [0, 0.05) is 0 Å². The topological polar surface area (TPSA) is 35.5 Å². The largest absolute Gasteiger partial charge is 0.468 e. The van der Waals surface area contributed by atoms with Gasteiger partial charge in [0.1, 0.15) is 4.83 Å². The summed E-state index contributed by atoms with van der Waals surface area (Å²) >= 11 is 3.18. The SMILES string of the molecule is CCCC(C)OCC(Br)C(=O)OC. The van der Waals surface area contributed by atoms with Crippen LogP contribution in [0.15, 0.2) is 0 Å². The number of ether oxygens (including phenoxy) is 2. The summed E-state index contributed by atoms with van der Waals surface area (Å²) in [5, 5.41) is 0. The Kier molecular flexibility index (Phi) is 7.28. The zero-order chi connectivity index (χ0) is 10.3. The van der Waals surface area contributed by atoms with Crippen molar-refractivity contribution in [3.05, 3.63) is 0 Å². The average Bonchev–Trinajstić information content (AvgIpc) is 2.13. The molecule has 0 heterocycles. The van der Waals surface area contributed by atoms with E-state index in [9.17, 15) is 4.79 Å². The second kappa shape index (κ2) is 7.33. The van der Waals surface area contributed by atoms with Crippen molar-refractivity contribution in [2.24, 2.45) is 0 Å². The van der Waals surface area contributed by atoms with Crippen molar-refractivity contribution >= 4 is 21.9 Å². The third-order valence-electron chi connectivity index (χ3n) is 1.68. The van der Waals surface area contributed by atoms with Crippen LogP contribution in [-0.4, -0.2) is 30.6 Å². The number of hydrogen-bond donors (Lipinski definition) is 0. The van der Waals surface area contributed by atoms with Crippen LogP contribution in [0.5, 0.6) is 0 Å². The molecule has 0 saturated heterocycles. The zero-order valence-corrected chi connectivity index (χ0v) is 9.96. The summed E-state index contributed by atoms with van der Waals surface area (Å²) in [6.07, 6.45) is 2.31. The molecule has 0 aliphatic rings. The number of halogens is 1. The minimum absolute atomic E-state index is 0.203. The zero-order valence-electron chi connectivity index (χ0n) is 8.38. The molecule has 0 aliphatic heterocycles. The summed E-state index contributed by atoms with van der Waals surface area (Å²) in [4.78, 5) is 10.6. The van der Waals surface area contributed by atoms with Crippen molar-refractivity contribution in [3.8, 4) is 0 Å². The molecular weight excluding hydrogens is 236 g/mol. The Bertz CT molecular complexity index is 150. The molecule has 0 aromatic carbocycles. The molecule has 78 valence electrons. The molecule has 2 unspecified atom stereocenters. The van der Waals surface area contributed by atoms with E-state index in [2.05, 4.69) is 27.6 Å². The fourth-order valence-corrected chi connectivity index (χ4v) is 1.27. The minimum atomic E-state index is -0.350. The molecule has 3 nitrogen and oxygen atoms in total. The first-order chi connectivity index (χ1) is 6.11. The molecular formula is C9H17BrO3. The first kappa shape index (κ1) is 12.9. The highest BCUT2D eigenvalue weighted by molar-refractivity contribution is 9.10. The molecule has 2 atom stereocenters. The maximum Gasteiger partial charge on any atom is 0.321 e. The van der Waals surface area contributed by atoms with Crippen molar-refractivity contribution in [1.82, 2.24) is 0 Å². The van der Waals surface area contributed by atoms with Gasteiger partial charge in [-0.05, 0) is 13.3 Å². The van der Waals surface area contributed by atoms with E-state index in [0.29, 0.717) is 6.61 Å². The van der Waals surface area contributed by atoms with Crippen LogP contribution in [0.1, 0.15) is 26.7 Å². The van der Waals surface area contributed by atoms with E-state index in [-0.39, 0.29) is 16.9 Å². The Balaban J connectivity index is 3.56. The summed E-state index contributed by atoms with van der Waals surface area (Å²) in [7, 11) is 1.37. The lowest BCUT2D eigenvalue weighted by molar-refractivity contribution is -0.141. The number of carbonyl (C=O) groups is 1. The van der Waals surface area contributed by atoms with Gasteiger partial charge in [0.05, 0.1) is 19.8 Å².